The number of nitrogens with zero attached hydrogens (tertiary/aromatic N) is 1. The summed E-state index contributed by atoms with van der Waals surface area (Å²) in [5.74, 6) is 0. The average Bonchev–Trinajstić information content (AvgIpc) is 2.81. The van der Waals surface area contributed by atoms with Crippen molar-refractivity contribution in [3.63, 3.8) is 0 Å². The number of hydrogen-bond acceptors (Lipinski definition) is 3. The van der Waals surface area contributed by atoms with Gasteiger partial charge < -0.3 is 15.3 Å². The minimum Gasteiger partial charge on any atom is -0.396 e. The lowest BCUT2D eigenvalue weighted by Gasteiger charge is -2.33. The van der Waals surface area contributed by atoms with Gasteiger partial charge in [-0.1, -0.05) is 25.5 Å². The molecule has 1 aliphatic rings. The highest BCUT2D eigenvalue weighted by atomic mass is 16.3. The summed E-state index contributed by atoms with van der Waals surface area (Å²) < 4.78 is 0. The lowest BCUT2D eigenvalue weighted by molar-refractivity contribution is 0.114. The van der Waals surface area contributed by atoms with Gasteiger partial charge in [0.15, 0.2) is 0 Å². The topological polar surface area (TPSA) is 35.5 Å². The molecule has 0 heterocycles. The fourth-order valence-electron chi connectivity index (χ4n) is 3.17. The molecule has 1 fully saturated rings. The van der Waals surface area contributed by atoms with Gasteiger partial charge in [-0.25, -0.2) is 0 Å². The maximum absolute atomic E-state index is 9.63. The SMILES string of the molecule is CC(NC1CCCC1(C)CO)c1ccc(N(C)C)cc1. The van der Waals surface area contributed by atoms with E-state index in [1.54, 1.807) is 0 Å². The quantitative estimate of drug-likeness (QED) is 0.868. The summed E-state index contributed by atoms with van der Waals surface area (Å²) in [5, 5.41) is 13.3. The molecular weight excluding hydrogens is 248 g/mol. The van der Waals surface area contributed by atoms with E-state index >= 15 is 0 Å². The predicted molar refractivity (Wildman–Crippen MR) is 85.2 cm³/mol. The summed E-state index contributed by atoms with van der Waals surface area (Å²) >= 11 is 0. The molecule has 3 nitrogen and oxygen atoms in total. The lowest BCUT2D eigenvalue weighted by Crippen LogP contribution is -2.42. The molecule has 1 saturated carbocycles. The molecule has 2 N–H and O–H groups in total. The van der Waals surface area contributed by atoms with Gasteiger partial charge in [-0.05, 0) is 37.5 Å². The lowest BCUT2D eigenvalue weighted by atomic mass is 9.85. The second kappa shape index (κ2) is 6.15. The van der Waals surface area contributed by atoms with Crippen LogP contribution in [0.5, 0.6) is 0 Å². The van der Waals surface area contributed by atoms with Gasteiger partial charge in [0, 0.05) is 43.9 Å². The van der Waals surface area contributed by atoms with Gasteiger partial charge in [0.1, 0.15) is 0 Å². The molecule has 1 aliphatic carbocycles. The molecule has 20 heavy (non-hydrogen) atoms. The van der Waals surface area contributed by atoms with E-state index in [0.717, 1.165) is 12.8 Å². The summed E-state index contributed by atoms with van der Waals surface area (Å²) in [6, 6.07) is 9.44. The Hall–Kier alpha value is -1.06. The average molecular weight is 276 g/mol. The third kappa shape index (κ3) is 3.15. The Morgan fingerprint density at radius 1 is 1.35 bits per heavy atom. The van der Waals surface area contributed by atoms with Crippen molar-refractivity contribution in [3.05, 3.63) is 29.8 Å². The van der Waals surface area contributed by atoms with Crippen LogP contribution in [0, 0.1) is 5.41 Å². The number of rotatable bonds is 5. The van der Waals surface area contributed by atoms with E-state index in [9.17, 15) is 5.11 Å². The summed E-state index contributed by atoms with van der Waals surface area (Å²) in [7, 11) is 4.11. The van der Waals surface area contributed by atoms with E-state index < -0.39 is 0 Å². The van der Waals surface area contributed by atoms with Gasteiger partial charge >= 0.3 is 0 Å². The maximum Gasteiger partial charge on any atom is 0.0499 e. The minimum absolute atomic E-state index is 0.0395. The van der Waals surface area contributed by atoms with Crippen LogP contribution in [-0.4, -0.2) is 31.9 Å². The zero-order chi connectivity index (χ0) is 14.8. The molecule has 0 bridgehead atoms. The molecule has 0 saturated heterocycles. The first-order valence-electron chi connectivity index (χ1n) is 7.60. The zero-order valence-electron chi connectivity index (χ0n) is 13.2. The summed E-state index contributed by atoms with van der Waals surface area (Å²) in [4.78, 5) is 2.11. The van der Waals surface area contributed by atoms with Crippen molar-refractivity contribution in [1.82, 2.24) is 5.32 Å². The first-order chi connectivity index (χ1) is 9.46. The molecule has 0 aliphatic heterocycles. The molecule has 1 aromatic rings. The third-order valence-corrected chi connectivity index (χ3v) is 4.80. The molecule has 1 aromatic carbocycles. The van der Waals surface area contributed by atoms with Crippen LogP contribution in [0.25, 0.3) is 0 Å². The van der Waals surface area contributed by atoms with E-state index in [0.29, 0.717) is 12.1 Å². The molecule has 0 spiro atoms. The zero-order valence-corrected chi connectivity index (χ0v) is 13.2. The van der Waals surface area contributed by atoms with Gasteiger partial charge in [-0.15, -0.1) is 0 Å². The molecule has 0 amide bonds. The molecular formula is C17H28N2O. The molecule has 3 atom stereocenters. The van der Waals surface area contributed by atoms with E-state index in [1.807, 2.05) is 0 Å². The van der Waals surface area contributed by atoms with Gasteiger partial charge in [0.2, 0.25) is 0 Å². The minimum atomic E-state index is 0.0395. The molecule has 0 radical (unpaired) electrons. The predicted octanol–water partition coefficient (Wildman–Crippen LogP) is 2.95. The fourth-order valence-corrected chi connectivity index (χ4v) is 3.17. The van der Waals surface area contributed by atoms with Crippen LogP contribution in [0.4, 0.5) is 5.69 Å². The van der Waals surface area contributed by atoms with Crippen molar-refractivity contribution in [2.24, 2.45) is 5.41 Å². The Kier molecular flexibility index (Phi) is 4.71. The van der Waals surface area contributed by atoms with Crippen LogP contribution in [0.3, 0.4) is 0 Å². The second-order valence-corrected chi connectivity index (χ2v) is 6.63. The van der Waals surface area contributed by atoms with Crippen molar-refractivity contribution >= 4 is 5.69 Å². The Morgan fingerprint density at radius 3 is 2.55 bits per heavy atom. The maximum atomic E-state index is 9.63. The molecule has 3 heteroatoms. The van der Waals surface area contributed by atoms with Gasteiger partial charge in [-0.2, -0.15) is 0 Å². The van der Waals surface area contributed by atoms with E-state index in [1.165, 1.54) is 17.7 Å². The van der Waals surface area contributed by atoms with Crippen LogP contribution in [-0.2, 0) is 0 Å². The highest BCUT2D eigenvalue weighted by Gasteiger charge is 2.38. The van der Waals surface area contributed by atoms with Gasteiger partial charge in [0.05, 0.1) is 0 Å². The first-order valence-corrected chi connectivity index (χ1v) is 7.60. The Morgan fingerprint density at radius 2 is 2.00 bits per heavy atom. The summed E-state index contributed by atoms with van der Waals surface area (Å²) in [5.41, 5.74) is 2.57. The van der Waals surface area contributed by atoms with Crippen molar-refractivity contribution in [3.8, 4) is 0 Å². The van der Waals surface area contributed by atoms with Crippen LogP contribution >= 0.6 is 0 Å². The van der Waals surface area contributed by atoms with Crippen LogP contribution in [0.15, 0.2) is 24.3 Å². The van der Waals surface area contributed by atoms with Crippen molar-refractivity contribution in [2.45, 2.75) is 45.2 Å². The number of aliphatic hydroxyl groups is 1. The molecule has 2 rings (SSSR count). The Labute approximate surface area is 123 Å². The third-order valence-electron chi connectivity index (χ3n) is 4.80. The number of hydrogen-bond donors (Lipinski definition) is 2. The van der Waals surface area contributed by atoms with Gasteiger partial charge in [-0.3, -0.25) is 0 Å². The number of nitrogens with one attached hydrogen (secondary N) is 1. The van der Waals surface area contributed by atoms with E-state index in [4.69, 9.17) is 0 Å². The normalized spacial score (nSPS) is 27.6. The molecule has 112 valence electrons. The highest BCUT2D eigenvalue weighted by molar-refractivity contribution is 5.46. The number of anilines is 1. The number of benzene rings is 1. The van der Waals surface area contributed by atoms with Crippen molar-refractivity contribution < 1.29 is 5.11 Å². The van der Waals surface area contributed by atoms with Crippen molar-refractivity contribution in [2.75, 3.05) is 25.6 Å². The fraction of sp³-hybridized carbons (Fsp3) is 0.647. The Bertz CT molecular complexity index is 429. The highest BCUT2D eigenvalue weighted by Crippen LogP contribution is 2.38. The largest absolute Gasteiger partial charge is 0.396 e. The summed E-state index contributed by atoms with van der Waals surface area (Å²) in [6.45, 7) is 4.68. The molecule has 3 unspecified atom stereocenters. The van der Waals surface area contributed by atoms with E-state index in [-0.39, 0.29) is 12.0 Å². The first kappa shape index (κ1) is 15.3. The van der Waals surface area contributed by atoms with Crippen LogP contribution in [0.1, 0.15) is 44.7 Å². The van der Waals surface area contributed by atoms with Crippen LogP contribution in [0.2, 0.25) is 0 Å². The standard InChI is InChI=1S/C17H28N2O/c1-13(14-7-9-15(10-8-14)19(3)4)18-16-6-5-11-17(16,2)12-20/h7-10,13,16,18,20H,5-6,11-12H2,1-4H3. The smallest absolute Gasteiger partial charge is 0.0499 e. The second-order valence-electron chi connectivity index (χ2n) is 6.63. The van der Waals surface area contributed by atoms with Crippen LogP contribution < -0.4 is 10.2 Å². The Balaban J connectivity index is 2.02. The monoisotopic (exact) mass is 276 g/mol. The molecule has 0 aromatic heterocycles. The van der Waals surface area contributed by atoms with Crippen molar-refractivity contribution in [1.29, 1.82) is 0 Å². The number of aliphatic hydroxyl groups excluding tert-OH is 1. The summed E-state index contributed by atoms with van der Waals surface area (Å²) in [6.07, 6.45) is 3.49. The van der Waals surface area contributed by atoms with Gasteiger partial charge in [0.25, 0.3) is 0 Å². The van der Waals surface area contributed by atoms with E-state index in [2.05, 4.69) is 62.4 Å².